The van der Waals surface area contributed by atoms with Gasteiger partial charge in [-0.2, -0.15) is 0 Å². The third-order valence-corrected chi connectivity index (χ3v) is 2.34. The van der Waals surface area contributed by atoms with E-state index in [0.29, 0.717) is 17.1 Å². The first-order chi connectivity index (χ1) is 8.16. The minimum atomic E-state index is -0.228. The molecule has 2 aromatic rings. The van der Waals surface area contributed by atoms with Crippen molar-refractivity contribution in [3.05, 3.63) is 47.9 Å². The zero-order valence-electron chi connectivity index (χ0n) is 9.34. The Kier molecular flexibility index (Phi) is 3.00. The van der Waals surface area contributed by atoms with E-state index in [1.165, 1.54) is 6.20 Å². The van der Waals surface area contributed by atoms with Crippen molar-refractivity contribution in [1.29, 1.82) is 0 Å². The van der Waals surface area contributed by atoms with Crippen molar-refractivity contribution in [2.45, 2.75) is 6.92 Å². The lowest BCUT2D eigenvalue weighted by molar-refractivity contribution is 0.102. The van der Waals surface area contributed by atoms with Crippen LogP contribution in [0.15, 0.2) is 36.8 Å². The maximum Gasteiger partial charge on any atom is 0.257 e. The van der Waals surface area contributed by atoms with Gasteiger partial charge in [0.1, 0.15) is 5.82 Å². The van der Waals surface area contributed by atoms with Crippen molar-refractivity contribution in [3.63, 3.8) is 0 Å². The first-order valence-corrected chi connectivity index (χ1v) is 5.10. The molecule has 0 aliphatic heterocycles. The molecule has 0 unspecified atom stereocenters. The van der Waals surface area contributed by atoms with Crippen molar-refractivity contribution in [1.82, 2.24) is 9.97 Å². The largest absolute Gasteiger partial charge is 0.384 e. The van der Waals surface area contributed by atoms with E-state index < -0.39 is 0 Å². The van der Waals surface area contributed by atoms with Gasteiger partial charge in [0.25, 0.3) is 5.91 Å². The van der Waals surface area contributed by atoms with Crippen LogP contribution in [-0.4, -0.2) is 15.9 Å². The number of anilines is 2. The van der Waals surface area contributed by atoms with Crippen LogP contribution in [0, 0.1) is 6.92 Å². The van der Waals surface area contributed by atoms with Gasteiger partial charge in [-0.3, -0.25) is 9.78 Å². The summed E-state index contributed by atoms with van der Waals surface area (Å²) in [6.07, 6.45) is 4.73. The summed E-state index contributed by atoms with van der Waals surface area (Å²) >= 11 is 0. The summed E-state index contributed by atoms with van der Waals surface area (Å²) in [6, 6.07) is 5.05. The SMILES string of the molecule is Cc1ccncc1NC(=O)c1ccc(N)nc1. The molecule has 0 saturated carbocycles. The zero-order chi connectivity index (χ0) is 12.3. The molecule has 17 heavy (non-hydrogen) atoms. The lowest BCUT2D eigenvalue weighted by Gasteiger charge is -2.07. The van der Waals surface area contributed by atoms with Crippen LogP contribution in [0.5, 0.6) is 0 Å². The molecule has 0 aliphatic carbocycles. The van der Waals surface area contributed by atoms with Gasteiger partial charge in [0, 0.05) is 12.4 Å². The van der Waals surface area contributed by atoms with Crippen LogP contribution in [0.1, 0.15) is 15.9 Å². The number of aryl methyl sites for hydroxylation is 1. The molecule has 5 heteroatoms. The number of amides is 1. The highest BCUT2D eigenvalue weighted by Gasteiger charge is 2.07. The highest BCUT2D eigenvalue weighted by atomic mass is 16.1. The van der Waals surface area contributed by atoms with E-state index in [-0.39, 0.29) is 5.91 Å². The average molecular weight is 228 g/mol. The van der Waals surface area contributed by atoms with E-state index in [2.05, 4.69) is 15.3 Å². The highest BCUT2D eigenvalue weighted by molar-refractivity contribution is 6.04. The number of carbonyl (C=O) groups excluding carboxylic acids is 1. The Bertz CT molecular complexity index is 536. The first-order valence-electron chi connectivity index (χ1n) is 5.10. The van der Waals surface area contributed by atoms with E-state index in [1.54, 1.807) is 24.5 Å². The predicted octanol–water partition coefficient (Wildman–Crippen LogP) is 1.62. The molecule has 3 N–H and O–H groups in total. The van der Waals surface area contributed by atoms with E-state index in [9.17, 15) is 4.79 Å². The molecule has 1 amide bonds. The lowest BCUT2D eigenvalue weighted by Crippen LogP contribution is -2.13. The van der Waals surface area contributed by atoms with Gasteiger partial charge in [0.2, 0.25) is 0 Å². The minimum absolute atomic E-state index is 0.228. The highest BCUT2D eigenvalue weighted by Crippen LogP contribution is 2.13. The second-order valence-corrected chi connectivity index (χ2v) is 3.62. The van der Waals surface area contributed by atoms with E-state index >= 15 is 0 Å². The number of hydrogen-bond acceptors (Lipinski definition) is 4. The van der Waals surface area contributed by atoms with Crippen molar-refractivity contribution in [2.24, 2.45) is 0 Å². The second kappa shape index (κ2) is 4.61. The Hall–Kier alpha value is -2.43. The van der Waals surface area contributed by atoms with Gasteiger partial charge in [0.15, 0.2) is 0 Å². The second-order valence-electron chi connectivity index (χ2n) is 3.62. The first kappa shape index (κ1) is 11.1. The number of nitrogens with two attached hydrogens (primary N) is 1. The van der Waals surface area contributed by atoms with Crippen LogP contribution in [-0.2, 0) is 0 Å². The summed E-state index contributed by atoms with van der Waals surface area (Å²) in [5, 5.41) is 2.76. The Labute approximate surface area is 98.7 Å². The monoisotopic (exact) mass is 228 g/mol. The molecule has 2 aromatic heterocycles. The molecular weight excluding hydrogens is 216 g/mol. The molecule has 0 bridgehead atoms. The molecule has 0 atom stereocenters. The molecule has 2 heterocycles. The minimum Gasteiger partial charge on any atom is -0.384 e. The van der Waals surface area contributed by atoms with Crippen molar-refractivity contribution < 1.29 is 4.79 Å². The fourth-order valence-electron chi connectivity index (χ4n) is 1.33. The Morgan fingerprint density at radius 1 is 1.29 bits per heavy atom. The molecule has 0 radical (unpaired) electrons. The molecule has 0 aliphatic rings. The number of aromatic nitrogens is 2. The molecule has 0 spiro atoms. The van der Waals surface area contributed by atoms with Crippen molar-refractivity contribution in [2.75, 3.05) is 11.1 Å². The smallest absolute Gasteiger partial charge is 0.257 e. The van der Waals surface area contributed by atoms with Gasteiger partial charge in [-0.05, 0) is 30.7 Å². The predicted molar refractivity (Wildman–Crippen MR) is 65.6 cm³/mol. The number of nitrogens with one attached hydrogen (secondary N) is 1. The van der Waals surface area contributed by atoms with Crippen molar-refractivity contribution >= 4 is 17.4 Å². The Morgan fingerprint density at radius 2 is 2.12 bits per heavy atom. The van der Waals surface area contributed by atoms with Crippen LogP contribution >= 0.6 is 0 Å². The molecule has 0 saturated heterocycles. The van der Waals surface area contributed by atoms with Gasteiger partial charge in [0.05, 0.1) is 17.4 Å². The summed E-state index contributed by atoms with van der Waals surface area (Å²) in [5.74, 6) is 0.160. The molecule has 2 rings (SSSR count). The van der Waals surface area contributed by atoms with Crippen molar-refractivity contribution in [3.8, 4) is 0 Å². The molecular formula is C12H12N4O. The molecule has 86 valence electrons. The number of pyridine rings is 2. The average Bonchev–Trinajstić information content (AvgIpc) is 2.33. The van der Waals surface area contributed by atoms with Crippen LogP contribution in [0.3, 0.4) is 0 Å². The molecule has 0 fully saturated rings. The third kappa shape index (κ3) is 2.57. The molecule has 5 nitrogen and oxygen atoms in total. The fraction of sp³-hybridized carbons (Fsp3) is 0.0833. The summed E-state index contributed by atoms with van der Waals surface area (Å²) in [5.41, 5.74) is 7.56. The van der Waals surface area contributed by atoms with Crippen LogP contribution in [0.2, 0.25) is 0 Å². The van der Waals surface area contributed by atoms with Crippen LogP contribution in [0.25, 0.3) is 0 Å². The Balaban J connectivity index is 2.17. The van der Waals surface area contributed by atoms with Crippen LogP contribution in [0.4, 0.5) is 11.5 Å². The van der Waals surface area contributed by atoms with E-state index in [4.69, 9.17) is 5.73 Å². The maximum absolute atomic E-state index is 11.9. The summed E-state index contributed by atoms with van der Waals surface area (Å²) < 4.78 is 0. The maximum atomic E-state index is 11.9. The summed E-state index contributed by atoms with van der Waals surface area (Å²) in [7, 11) is 0. The number of nitrogens with zero attached hydrogens (tertiary/aromatic N) is 2. The normalized spacial score (nSPS) is 9.94. The zero-order valence-corrected chi connectivity index (χ0v) is 9.34. The van der Waals surface area contributed by atoms with E-state index in [1.807, 2.05) is 13.0 Å². The quantitative estimate of drug-likeness (QED) is 0.818. The summed E-state index contributed by atoms with van der Waals surface area (Å²) in [4.78, 5) is 19.7. The van der Waals surface area contributed by atoms with Crippen LogP contribution < -0.4 is 11.1 Å². The topological polar surface area (TPSA) is 80.9 Å². The van der Waals surface area contributed by atoms with Gasteiger partial charge >= 0.3 is 0 Å². The van der Waals surface area contributed by atoms with E-state index in [0.717, 1.165) is 5.56 Å². The van der Waals surface area contributed by atoms with Gasteiger partial charge in [-0.1, -0.05) is 0 Å². The summed E-state index contributed by atoms with van der Waals surface area (Å²) in [6.45, 7) is 1.90. The number of nitrogen functional groups attached to an aromatic ring is 1. The number of rotatable bonds is 2. The van der Waals surface area contributed by atoms with Gasteiger partial charge in [-0.15, -0.1) is 0 Å². The van der Waals surface area contributed by atoms with Gasteiger partial charge in [-0.25, -0.2) is 4.98 Å². The fourth-order valence-corrected chi connectivity index (χ4v) is 1.33. The third-order valence-electron chi connectivity index (χ3n) is 2.34. The Morgan fingerprint density at radius 3 is 2.76 bits per heavy atom. The number of hydrogen-bond donors (Lipinski definition) is 2. The lowest BCUT2D eigenvalue weighted by atomic mass is 10.2. The van der Waals surface area contributed by atoms with Gasteiger partial charge < -0.3 is 11.1 Å². The number of carbonyl (C=O) groups is 1. The standard InChI is InChI=1S/C12H12N4O/c1-8-4-5-14-7-10(8)16-12(17)9-2-3-11(13)15-6-9/h2-7H,1H3,(H2,13,15)(H,16,17). The molecule has 0 aromatic carbocycles.